The van der Waals surface area contributed by atoms with Crippen LogP contribution in [0.25, 0.3) is 0 Å². The Balaban J connectivity index is 2.17. The number of benzene rings is 2. The summed E-state index contributed by atoms with van der Waals surface area (Å²) in [5, 5.41) is 20.9. The van der Waals surface area contributed by atoms with E-state index in [2.05, 4.69) is 5.32 Å². The summed E-state index contributed by atoms with van der Waals surface area (Å²) < 4.78 is 13.7. The first kappa shape index (κ1) is 12.9. The van der Waals surface area contributed by atoms with Crippen molar-refractivity contribution in [1.82, 2.24) is 0 Å². The Morgan fingerprint density at radius 3 is 2.47 bits per heavy atom. The van der Waals surface area contributed by atoms with E-state index in [0.717, 1.165) is 5.56 Å². The number of nitriles is 1. The standard InChI is InChI=1S/C15H13FN2O/c1-10(12-3-5-13(19)6-4-12)18-15-7-2-11(9-17)8-14(15)16/h2-8,10,18-19H,1H3. The van der Waals surface area contributed by atoms with Gasteiger partial charge in [0.2, 0.25) is 0 Å². The molecule has 0 fully saturated rings. The Morgan fingerprint density at radius 2 is 1.89 bits per heavy atom. The number of phenolic OH excluding ortho intramolecular Hbond substituents is 1. The smallest absolute Gasteiger partial charge is 0.147 e. The fourth-order valence-corrected chi connectivity index (χ4v) is 1.78. The average molecular weight is 256 g/mol. The molecule has 0 amide bonds. The van der Waals surface area contributed by atoms with E-state index in [9.17, 15) is 9.50 Å². The highest BCUT2D eigenvalue weighted by Crippen LogP contribution is 2.23. The predicted molar refractivity (Wildman–Crippen MR) is 71.3 cm³/mol. The molecule has 2 aromatic carbocycles. The maximum atomic E-state index is 13.7. The van der Waals surface area contributed by atoms with E-state index in [0.29, 0.717) is 11.3 Å². The van der Waals surface area contributed by atoms with Crippen molar-refractivity contribution in [3.8, 4) is 11.8 Å². The summed E-state index contributed by atoms with van der Waals surface area (Å²) in [6.07, 6.45) is 0. The zero-order chi connectivity index (χ0) is 13.8. The lowest BCUT2D eigenvalue weighted by molar-refractivity contribution is 0.475. The van der Waals surface area contributed by atoms with Gasteiger partial charge in [-0.05, 0) is 42.8 Å². The van der Waals surface area contributed by atoms with Crippen LogP contribution in [-0.2, 0) is 0 Å². The van der Waals surface area contributed by atoms with Gasteiger partial charge in [0, 0.05) is 6.04 Å². The number of phenols is 1. The van der Waals surface area contributed by atoms with E-state index in [-0.39, 0.29) is 11.8 Å². The monoisotopic (exact) mass is 256 g/mol. The second kappa shape index (κ2) is 5.40. The molecule has 19 heavy (non-hydrogen) atoms. The largest absolute Gasteiger partial charge is 0.508 e. The van der Waals surface area contributed by atoms with Crippen LogP contribution in [0.3, 0.4) is 0 Å². The van der Waals surface area contributed by atoms with E-state index >= 15 is 0 Å². The van der Waals surface area contributed by atoms with Crippen LogP contribution < -0.4 is 5.32 Å². The summed E-state index contributed by atoms with van der Waals surface area (Å²) in [4.78, 5) is 0. The molecule has 0 saturated heterocycles. The first-order valence-corrected chi connectivity index (χ1v) is 5.85. The molecule has 0 radical (unpaired) electrons. The molecular weight excluding hydrogens is 243 g/mol. The summed E-state index contributed by atoms with van der Waals surface area (Å²) in [6.45, 7) is 1.89. The number of hydrogen-bond donors (Lipinski definition) is 2. The Bertz CT molecular complexity index is 617. The third kappa shape index (κ3) is 3.02. The van der Waals surface area contributed by atoms with Crippen LogP contribution in [0.2, 0.25) is 0 Å². The van der Waals surface area contributed by atoms with Crippen LogP contribution in [-0.4, -0.2) is 5.11 Å². The summed E-state index contributed by atoms with van der Waals surface area (Å²) in [5.41, 5.74) is 1.57. The van der Waals surface area contributed by atoms with Crippen LogP contribution >= 0.6 is 0 Å². The number of aromatic hydroxyl groups is 1. The molecule has 0 aliphatic rings. The average Bonchev–Trinajstić information content (AvgIpc) is 2.41. The Labute approximate surface area is 110 Å². The lowest BCUT2D eigenvalue weighted by atomic mass is 10.1. The van der Waals surface area contributed by atoms with Gasteiger partial charge in [-0.1, -0.05) is 12.1 Å². The Morgan fingerprint density at radius 1 is 1.21 bits per heavy atom. The number of nitrogens with zero attached hydrogens (tertiary/aromatic N) is 1. The number of halogens is 1. The van der Waals surface area contributed by atoms with Gasteiger partial charge in [0.25, 0.3) is 0 Å². The van der Waals surface area contributed by atoms with E-state index in [1.807, 2.05) is 13.0 Å². The van der Waals surface area contributed by atoms with Crippen molar-refractivity contribution in [3.63, 3.8) is 0 Å². The fraction of sp³-hybridized carbons (Fsp3) is 0.133. The van der Waals surface area contributed by atoms with Gasteiger partial charge in [-0.15, -0.1) is 0 Å². The van der Waals surface area contributed by atoms with Crippen LogP contribution in [0.15, 0.2) is 42.5 Å². The molecule has 2 aromatic rings. The third-order valence-electron chi connectivity index (χ3n) is 2.86. The third-order valence-corrected chi connectivity index (χ3v) is 2.86. The fourth-order valence-electron chi connectivity index (χ4n) is 1.78. The maximum absolute atomic E-state index is 13.7. The minimum atomic E-state index is -0.454. The highest BCUT2D eigenvalue weighted by Gasteiger charge is 2.09. The Kier molecular flexibility index (Phi) is 3.67. The molecule has 0 spiro atoms. The zero-order valence-corrected chi connectivity index (χ0v) is 10.4. The van der Waals surface area contributed by atoms with Crippen molar-refractivity contribution in [3.05, 3.63) is 59.4 Å². The molecule has 0 heterocycles. The lowest BCUT2D eigenvalue weighted by Gasteiger charge is -2.16. The minimum absolute atomic E-state index is 0.108. The van der Waals surface area contributed by atoms with E-state index in [1.54, 1.807) is 36.4 Å². The molecule has 0 aliphatic heterocycles. The van der Waals surface area contributed by atoms with E-state index in [4.69, 9.17) is 5.26 Å². The molecule has 3 nitrogen and oxygen atoms in total. The number of rotatable bonds is 3. The normalized spacial score (nSPS) is 11.6. The molecule has 2 N–H and O–H groups in total. The van der Waals surface area contributed by atoms with Crippen molar-refractivity contribution in [2.75, 3.05) is 5.32 Å². The van der Waals surface area contributed by atoms with Gasteiger partial charge in [0.1, 0.15) is 11.6 Å². The predicted octanol–water partition coefficient (Wildman–Crippen LogP) is 3.58. The van der Waals surface area contributed by atoms with Gasteiger partial charge < -0.3 is 10.4 Å². The molecule has 0 bridgehead atoms. The molecule has 1 atom stereocenters. The molecule has 4 heteroatoms. The SMILES string of the molecule is CC(Nc1ccc(C#N)cc1F)c1ccc(O)cc1. The molecule has 0 aliphatic carbocycles. The number of hydrogen-bond acceptors (Lipinski definition) is 3. The van der Waals surface area contributed by atoms with E-state index < -0.39 is 5.82 Å². The molecule has 2 rings (SSSR count). The topological polar surface area (TPSA) is 56.0 Å². The molecule has 96 valence electrons. The summed E-state index contributed by atoms with van der Waals surface area (Å²) >= 11 is 0. The molecule has 1 unspecified atom stereocenters. The van der Waals surface area contributed by atoms with Gasteiger partial charge in [-0.3, -0.25) is 0 Å². The summed E-state index contributed by atoms with van der Waals surface area (Å²) in [7, 11) is 0. The van der Waals surface area contributed by atoms with Crippen LogP contribution in [0.1, 0.15) is 24.1 Å². The van der Waals surface area contributed by atoms with Gasteiger partial charge in [-0.25, -0.2) is 4.39 Å². The molecular formula is C15H13FN2O. The first-order valence-electron chi connectivity index (χ1n) is 5.85. The van der Waals surface area contributed by atoms with Crippen LogP contribution in [0.4, 0.5) is 10.1 Å². The van der Waals surface area contributed by atoms with Gasteiger partial charge in [0.05, 0.1) is 17.3 Å². The second-order valence-electron chi connectivity index (χ2n) is 4.26. The van der Waals surface area contributed by atoms with E-state index in [1.165, 1.54) is 6.07 Å². The number of nitrogens with one attached hydrogen (secondary N) is 1. The zero-order valence-electron chi connectivity index (χ0n) is 10.4. The minimum Gasteiger partial charge on any atom is -0.508 e. The van der Waals surface area contributed by atoms with Gasteiger partial charge >= 0.3 is 0 Å². The van der Waals surface area contributed by atoms with Crippen molar-refractivity contribution in [2.24, 2.45) is 0 Å². The quantitative estimate of drug-likeness (QED) is 0.882. The van der Waals surface area contributed by atoms with Crippen molar-refractivity contribution < 1.29 is 9.50 Å². The highest BCUT2D eigenvalue weighted by atomic mass is 19.1. The summed E-state index contributed by atoms with van der Waals surface area (Å²) in [6, 6.07) is 12.8. The van der Waals surface area contributed by atoms with Crippen LogP contribution in [0.5, 0.6) is 5.75 Å². The van der Waals surface area contributed by atoms with Gasteiger partial charge in [0.15, 0.2) is 0 Å². The lowest BCUT2D eigenvalue weighted by Crippen LogP contribution is -2.07. The first-order chi connectivity index (χ1) is 9.10. The highest BCUT2D eigenvalue weighted by molar-refractivity contribution is 5.50. The van der Waals surface area contributed by atoms with Crippen molar-refractivity contribution >= 4 is 5.69 Å². The Hall–Kier alpha value is -2.54. The molecule has 0 saturated carbocycles. The molecule has 0 aromatic heterocycles. The van der Waals surface area contributed by atoms with Crippen molar-refractivity contribution in [1.29, 1.82) is 5.26 Å². The van der Waals surface area contributed by atoms with Crippen LogP contribution in [0, 0.1) is 17.1 Å². The number of anilines is 1. The van der Waals surface area contributed by atoms with Crippen molar-refractivity contribution in [2.45, 2.75) is 13.0 Å². The summed E-state index contributed by atoms with van der Waals surface area (Å²) in [5.74, 6) is -0.259. The van der Waals surface area contributed by atoms with Gasteiger partial charge in [-0.2, -0.15) is 5.26 Å². The second-order valence-corrected chi connectivity index (χ2v) is 4.26. The maximum Gasteiger partial charge on any atom is 0.147 e.